The third-order valence-electron chi connectivity index (χ3n) is 3.46. The second-order valence-electron chi connectivity index (χ2n) is 6.22. The fourth-order valence-corrected chi connectivity index (χ4v) is 2.11. The number of amides is 1. The van der Waals surface area contributed by atoms with Crippen LogP contribution in [0.3, 0.4) is 0 Å². The van der Waals surface area contributed by atoms with E-state index < -0.39 is 0 Å². The van der Waals surface area contributed by atoms with Crippen molar-refractivity contribution in [3.8, 4) is 11.3 Å². The van der Waals surface area contributed by atoms with Gasteiger partial charge in [-0.2, -0.15) is 0 Å². The van der Waals surface area contributed by atoms with E-state index in [4.69, 9.17) is 9.63 Å². The maximum atomic E-state index is 12.3. The van der Waals surface area contributed by atoms with Gasteiger partial charge in [0.25, 0.3) is 5.91 Å². The molecular weight excluding hydrogens is 282 g/mol. The topological polar surface area (TPSA) is 88.2 Å². The number of carbonyl (C=O) groups excluding carboxylic acids is 1. The van der Waals surface area contributed by atoms with Crippen LogP contribution in [0.5, 0.6) is 0 Å². The summed E-state index contributed by atoms with van der Waals surface area (Å²) in [5.41, 5.74) is 0.816. The second kappa shape index (κ2) is 6.70. The van der Waals surface area contributed by atoms with Gasteiger partial charge in [-0.15, -0.1) is 0 Å². The number of nitrogens with one attached hydrogen (secondary N) is 1. The Kier molecular flexibility index (Phi) is 4.92. The largest absolute Gasteiger partial charge is 0.396 e. The minimum absolute atomic E-state index is 0.0158. The van der Waals surface area contributed by atoms with Crippen LogP contribution >= 0.6 is 0 Å². The molecule has 1 unspecified atom stereocenters. The fourth-order valence-electron chi connectivity index (χ4n) is 2.11. The van der Waals surface area contributed by atoms with E-state index in [2.05, 4.69) is 15.5 Å². The van der Waals surface area contributed by atoms with E-state index in [1.54, 1.807) is 24.5 Å². The predicted octanol–water partition coefficient (Wildman–Crippen LogP) is 2.26. The summed E-state index contributed by atoms with van der Waals surface area (Å²) >= 11 is 0. The lowest BCUT2D eigenvalue weighted by molar-refractivity contribution is 0.0876. The first kappa shape index (κ1) is 16.2. The highest BCUT2D eigenvalue weighted by Gasteiger charge is 2.27. The molecule has 2 N–H and O–H groups in total. The molecule has 0 saturated carbocycles. The Morgan fingerprint density at radius 1 is 1.45 bits per heavy atom. The summed E-state index contributed by atoms with van der Waals surface area (Å²) in [5, 5.41) is 15.9. The zero-order valence-corrected chi connectivity index (χ0v) is 13.0. The first-order valence-corrected chi connectivity index (χ1v) is 7.20. The van der Waals surface area contributed by atoms with Crippen LogP contribution in [-0.2, 0) is 0 Å². The molecule has 2 aromatic heterocycles. The molecule has 118 valence electrons. The molecule has 2 rings (SSSR count). The van der Waals surface area contributed by atoms with Gasteiger partial charge >= 0.3 is 0 Å². The van der Waals surface area contributed by atoms with Crippen molar-refractivity contribution in [2.45, 2.75) is 33.2 Å². The first-order chi connectivity index (χ1) is 10.4. The Balaban J connectivity index is 2.12. The quantitative estimate of drug-likeness (QED) is 0.884. The number of hydrogen-bond donors (Lipinski definition) is 2. The van der Waals surface area contributed by atoms with Crippen LogP contribution in [0.1, 0.15) is 37.7 Å². The van der Waals surface area contributed by atoms with Crippen LogP contribution < -0.4 is 5.32 Å². The average molecular weight is 303 g/mol. The normalized spacial score (nSPS) is 12.9. The number of rotatable bonds is 5. The number of hydrogen-bond acceptors (Lipinski definition) is 5. The lowest BCUT2D eigenvalue weighted by Gasteiger charge is -2.30. The van der Waals surface area contributed by atoms with E-state index in [-0.39, 0.29) is 29.7 Å². The maximum Gasteiger partial charge on any atom is 0.273 e. The van der Waals surface area contributed by atoms with Crippen molar-refractivity contribution >= 4 is 5.91 Å². The molecule has 0 saturated heterocycles. The van der Waals surface area contributed by atoms with E-state index in [0.29, 0.717) is 12.2 Å². The third kappa shape index (κ3) is 3.92. The zero-order valence-electron chi connectivity index (χ0n) is 13.0. The lowest BCUT2D eigenvalue weighted by atomic mass is 9.85. The summed E-state index contributed by atoms with van der Waals surface area (Å²) < 4.78 is 5.20. The second-order valence-corrected chi connectivity index (χ2v) is 6.22. The Hall–Kier alpha value is -2.21. The van der Waals surface area contributed by atoms with E-state index in [0.717, 1.165) is 5.56 Å². The predicted molar refractivity (Wildman–Crippen MR) is 82.1 cm³/mol. The van der Waals surface area contributed by atoms with Gasteiger partial charge in [0.2, 0.25) is 0 Å². The number of aliphatic hydroxyl groups excluding tert-OH is 1. The van der Waals surface area contributed by atoms with Crippen molar-refractivity contribution in [1.82, 2.24) is 15.5 Å². The maximum absolute atomic E-state index is 12.3. The van der Waals surface area contributed by atoms with E-state index in [1.165, 1.54) is 0 Å². The molecule has 0 aromatic carbocycles. The average Bonchev–Trinajstić information content (AvgIpc) is 2.96. The molecule has 0 bridgehead atoms. The van der Waals surface area contributed by atoms with Gasteiger partial charge in [-0.05, 0) is 24.0 Å². The summed E-state index contributed by atoms with van der Waals surface area (Å²) in [6, 6.07) is 5.06. The van der Waals surface area contributed by atoms with Gasteiger partial charge < -0.3 is 14.9 Å². The van der Waals surface area contributed by atoms with Crippen LogP contribution in [0.2, 0.25) is 0 Å². The molecule has 0 aliphatic carbocycles. The molecule has 0 fully saturated rings. The van der Waals surface area contributed by atoms with Crippen molar-refractivity contribution in [3.05, 3.63) is 36.3 Å². The third-order valence-corrected chi connectivity index (χ3v) is 3.46. The molecule has 0 aliphatic heterocycles. The smallest absolute Gasteiger partial charge is 0.273 e. The Morgan fingerprint density at radius 2 is 2.23 bits per heavy atom. The molecule has 0 radical (unpaired) electrons. The standard InChI is InChI=1S/C16H21N3O3/c1-16(2,3)14(6-8-20)18-15(21)12-9-13(22-19-12)11-5-4-7-17-10-11/h4-5,7,9-10,14,20H,6,8H2,1-3H3,(H,18,21). The van der Waals surface area contributed by atoms with Crippen LogP contribution in [-0.4, -0.2) is 33.8 Å². The first-order valence-electron chi connectivity index (χ1n) is 7.20. The number of aliphatic hydroxyl groups is 1. The summed E-state index contributed by atoms with van der Waals surface area (Å²) in [6.45, 7) is 6.05. The van der Waals surface area contributed by atoms with Gasteiger partial charge in [-0.1, -0.05) is 25.9 Å². The summed E-state index contributed by atoms with van der Waals surface area (Å²) in [6.07, 6.45) is 3.80. The monoisotopic (exact) mass is 303 g/mol. The van der Waals surface area contributed by atoms with E-state index >= 15 is 0 Å². The summed E-state index contributed by atoms with van der Waals surface area (Å²) in [4.78, 5) is 16.3. The van der Waals surface area contributed by atoms with E-state index in [9.17, 15) is 4.79 Å². The van der Waals surface area contributed by atoms with Gasteiger partial charge in [0, 0.05) is 36.7 Å². The molecular formula is C16H21N3O3. The van der Waals surface area contributed by atoms with Gasteiger partial charge in [-0.25, -0.2) is 0 Å². The van der Waals surface area contributed by atoms with Crippen molar-refractivity contribution in [1.29, 1.82) is 0 Å². The highest BCUT2D eigenvalue weighted by atomic mass is 16.5. The molecule has 1 atom stereocenters. The molecule has 6 heteroatoms. The minimum atomic E-state index is -0.313. The number of carbonyl (C=O) groups is 1. The summed E-state index contributed by atoms with van der Waals surface area (Å²) in [7, 11) is 0. The molecule has 22 heavy (non-hydrogen) atoms. The lowest BCUT2D eigenvalue weighted by Crippen LogP contribution is -2.44. The van der Waals surface area contributed by atoms with Gasteiger partial charge in [0.1, 0.15) is 0 Å². The minimum Gasteiger partial charge on any atom is -0.396 e. The van der Waals surface area contributed by atoms with Crippen molar-refractivity contribution in [2.24, 2.45) is 5.41 Å². The van der Waals surface area contributed by atoms with Crippen molar-refractivity contribution in [2.75, 3.05) is 6.61 Å². The van der Waals surface area contributed by atoms with Crippen molar-refractivity contribution in [3.63, 3.8) is 0 Å². The van der Waals surface area contributed by atoms with Crippen LogP contribution in [0.15, 0.2) is 35.1 Å². The Labute approximate surface area is 129 Å². The van der Waals surface area contributed by atoms with Crippen LogP contribution in [0, 0.1) is 5.41 Å². The van der Waals surface area contributed by atoms with Crippen LogP contribution in [0.25, 0.3) is 11.3 Å². The number of aromatic nitrogens is 2. The fraction of sp³-hybridized carbons (Fsp3) is 0.438. The van der Waals surface area contributed by atoms with Crippen molar-refractivity contribution < 1.29 is 14.4 Å². The number of pyridine rings is 1. The summed E-state index contributed by atoms with van der Waals surface area (Å²) in [5.74, 6) is 0.181. The molecule has 2 heterocycles. The molecule has 1 amide bonds. The Bertz CT molecular complexity index is 617. The molecule has 0 spiro atoms. The van der Waals surface area contributed by atoms with Gasteiger partial charge in [0.05, 0.1) is 0 Å². The van der Waals surface area contributed by atoms with Crippen LogP contribution in [0.4, 0.5) is 0 Å². The van der Waals surface area contributed by atoms with Gasteiger partial charge in [0.15, 0.2) is 11.5 Å². The van der Waals surface area contributed by atoms with E-state index in [1.807, 2.05) is 26.8 Å². The molecule has 6 nitrogen and oxygen atoms in total. The van der Waals surface area contributed by atoms with Gasteiger partial charge in [-0.3, -0.25) is 9.78 Å². The SMILES string of the molecule is CC(C)(C)C(CCO)NC(=O)c1cc(-c2cccnc2)on1. The highest BCUT2D eigenvalue weighted by molar-refractivity contribution is 5.93. The highest BCUT2D eigenvalue weighted by Crippen LogP contribution is 2.23. The Morgan fingerprint density at radius 3 is 2.82 bits per heavy atom. The number of nitrogens with zero attached hydrogens (tertiary/aromatic N) is 2. The molecule has 0 aliphatic rings. The zero-order chi connectivity index (χ0) is 16.2. The molecule has 2 aromatic rings.